The summed E-state index contributed by atoms with van der Waals surface area (Å²) in [5.74, 6) is 1.74. The van der Waals surface area contributed by atoms with E-state index in [2.05, 4.69) is 88.6 Å². The van der Waals surface area contributed by atoms with Crippen molar-refractivity contribution in [1.82, 2.24) is 19.1 Å². The molecule has 0 N–H and O–H groups in total. The number of hydrogen-bond acceptors (Lipinski definition) is 2. The summed E-state index contributed by atoms with van der Waals surface area (Å²) < 4.78 is 4.07. The fraction of sp³-hybridized carbons (Fsp3) is 0.188. The van der Waals surface area contributed by atoms with Crippen LogP contribution in [0.15, 0.2) is 97.1 Å². The first-order valence-corrected chi connectivity index (χ1v) is 12.3. The van der Waals surface area contributed by atoms with Gasteiger partial charge in [-0.3, -0.25) is 9.97 Å². The maximum Gasteiger partial charge on any atom is 2.00 e. The molecule has 0 aliphatic carbocycles. The van der Waals surface area contributed by atoms with Crippen LogP contribution < -0.4 is 0 Å². The molecule has 0 aliphatic heterocycles. The quantitative estimate of drug-likeness (QED) is 0.161. The topological polar surface area (TPSA) is 35.6 Å². The van der Waals surface area contributed by atoms with Crippen LogP contribution in [0.2, 0.25) is 0 Å². The summed E-state index contributed by atoms with van der Waals surface area (Å²) in [7, 11) is 0. The molecule has 37 heavy (non-hydrogen) atoms. The Balaban J connectivity index is 0.00000280. The van der Waals surface area contributed by atoms with Gasteiger partial charge in [0, 0.05) is 22.2 Å². The molecule has 0 aliphatic rings. The zero-order valence-corrected chi connectivity index (χ0v) is 22.9. The summed E-state index contributed by atoms with van der Waals surface area (Å²) in [6, 6.07) is 33.1. The summed E-state index contributed by atoms with van der Waals surface area (Å²) >= 11 is 0. The van der Waals surface area contributed by atoms with E-state index in [1.807, 2.05) is 57.7 Å². The molecule has 186 valence electrons. The number of benzene rings is 2. The summed E-state index contributed by atoms with van der Waals surface area (Å²) in [4.78, 5) is 10.3. The minimum Gasteiger partial charge on any atom is -0.429 e. The smallest absolute Gasteiger partial charge is 0.429 e. The van der Waals surface area contributed by atoms with Gasteiger partial charge in [0.15, 0.2) is 0 Å². The molecule has 0 amide bonds. The molecule has 5 heteroatoms. The van der Waals surface area contributed by atoms with E-state index in [1.165, 1.54) is 0 Å². The van der Waals surface area contributed by atoms with Gasteiger partial charge >= 0.3 is 20.4 Å². The first-order chi connectivity index (χ1) is 17.4. The van der Waals surface area contributed by atoms with E-state index in [0.717, 1.165) is 44.8 Å². The molecule has 4 heterocycles. The molecule has 4 aromatic heterocycles. The Labute approximate surface area is 231 Å². The fourth-order valence-electron chi connectivity index (χ4n) is 4.84. The minimum absolute atomic E-state index is 0. The number of nitrogens with zero attached hydrogens (tertiary/aromatic N) is 4. The Hall–Kier alpha value is -3.52. The summed E-state index contributed by atoms with van der Waals surface area (Å²) in [5.41, 5.74) is 3.62. The third-order valence-electron chi connectivity index (χ3n) is 7.82. The molecule has 0 unspecified atom stereocenters. The van der Waals surface area contributed by atoms with Gasteiger partial charge < -0.3 is 9.13 Å². The number of para-hydroxylation sites is 2. The van der Waals surface area contributed by atoms with Crippen molar-refractivity contribution in [3.05, 3.63) is 121 Å². The van der Waals surface area contributed by atoms with E-state index in [0.29, 0.717) is 0 Å². The van der Waals surface area contributed by atoms with Crippen molar-refractivity contribution >= 4 is 21.8 Å². The van der Waals surface area contributed by atoms with Crippen LogP contribution in [0, 0.1) is 12.4 Å². The van der Waals surface area contributed by atoms with E-state index >= 15 is 0 Å². The molecule has 6 aromatic rings. The molecular weight excluding hydrogens is 547 g/mol. The van der Waals surface area contributed by atoms with Gasteiger partial charge in [-0.1, -0.05) is 112 Å². The van der Waals surface area contributed by atoms with Crippen LogP contribution >= 0.6 is 0 Å². The Morgan fingerprint density at radius 1 is 0.541 bits per heavy atom. The van der Waals surface area contributed by atoms with Crippen molar-refractivity contribution in [3.63, 3.8) is 0 Å². The second-order valence-corrected chi connectivity index (χ2v) is 10.3. The molecule has 2 aromatic carbocycles. The molecule has 0 spiro atoms. The molecule has 0 bridgehead atoms. The van der Waals surface area contributed by atoms with Gasteiger partial charge in [-0.15, -0.1) is 35.0 Å². The molecule has 0 radical (unpaired) electrons. The summed E-state index contributed by atoms with van der Waals surface area (Å²) in [5, 5.41) is 2.30. The number of fused-ring (bicyclic) bond motifs is 2. The average Bonchev–Trinajstić information content (AvgIpc) is 3.53. The Morgan fingerprint density at radius 2 is 0.946 bits per heavy atom. The standard InChI is InChI=1S/C32H28N4.Pd/c1-31(2,27-15-9-17-29(33-27)35-21-19-23-11-5-7-13-25(23)35)32(3,4)28-16-10-18-30(34-28)36-22-20-24-12-6-8-14-26(24)36;/h5-20H,1-4H3;/q-2;+2. The first-order valence-electron chi connectivity index (χ1n) is 12.3. The first kappa shape index (κ1) is 25.1. The largest absolute Gasteiger partial charge is 2.00 e. The molecule has 0 fully saturated rings. The van der Waals surface area contributed by atoms with Crippen LogP contribution in [0.4, 0.5) is 0 Å². The van der Waals surface area contributed by atoms with Gasteiger partial charge in [-0.25, -0.2) is 0 Å². The van der Waals surface area contributed by atoms with Crippen molar-refractivity contribution in [2.45, 2.75) is 38.5 Å². The van der Waals surface area contributed by atoms with Gasteiger partial charge in [-0.05, 0) is 12.1 Å². The number of hydrogen-bond donors (Lipinski definition) is 0. The predicted octanol–water partition coefficient (Wildman–Crippen LogP) is 7.22. The molecule has 4 nitrogen and oxygen atoms in total. The minimum atomic E-state index is -0.305. The molecule has 0 atom stereocenters. The second-order valence-electron chi connectivity index (χ2n) is 10.3. The predicted molar refractivity (Wildman–Crippen MR) is 146 cm³/mol. The Bertz CT molecular complexity index is 1580. The molecule has 6 rings (SSSR count). The van der Waals surface area contributed by atoms with Crippen LogP contribution in [0.25, 0.3) is 33.4 Å². The Morgan fingerprint density at radius 3 is 1.38 bits per heavy atom. The van der Waals surface area contributed by atoms with Crippen LogP contribution in [0.1, 0.15) is 39.1 Å². The van der Waals surface area contributed by atoms with Gasteiger partial charge in [0.1, 0.15) is 0 Å². The van der Waals surface area contributed by atoms with Crippen molar-refractivity contribution in [2.75, 3.05) is 0 Å². The van der Waals surface area contributed by atoms with E-state index in [9.17, 15) is 0 Å². The van der Waals surface area contributed by atoms with E-state index in [4.69, 9.17) is 9.97 Å². The van der Waals surface area contributed by atoms with E-state index in [-0.39, 0.29) is 31.3 Å². The number of aromatic nitrogens is 4. The molecule has 0 saturated carbocycles. The van der Waals surface area contributed by atoms with Crippen molar-refractivity contribution in [1.29, 1.82) is 0 Å². The van der Waals surface area contributed by atoms with Crippen LogP contribution in [0.5, 0.6) is 0 Å². The van der Waals surface area contributed by atoms with Crippen molar-refractivity contribution in [3.8, 4) is 11.6 Å². The van der Waals surface area contributed by atoms with Gasteiger partial charge in [0.25, 0.3) is 0 Å². The number of rotatable bonds is 5. The maximum atomic E-state index is 5.13. The number of pyridine rings is 2. The third kappa shape index (κ3) is 4.13. The third-order valence-corrected chi connectivity index (χ3v) is 7.82. The van der Waals surface area contributed by atoms with Crippen molar-refractivity contribution < 1.29 is 20.4 Å². The van der Waals surface area contributed by atoms with Crippen LogP contribution in [0.3, 0.4) is 0 Å². The van der Waals surface area contributed by atoms with Gasteiger partial charge in [0.05, 0.1) is 11.6 Å². The van der Waals surface area contributed by atoms with Crippen LogP contribution in [-0.4, -0.2) is 19.1 Å². The molecular formula is C32H28N4Pd. The fourth-order valence-corrected chi connectivity index (χ4v) is 4.84. The van der Waals surface area contributed by atoms with Crippen LogP contribution in [-0.2, 0) is 31.3 Å². The molecule has 0 saturated heterocycles. The second kappa shape index (κ2) is 9.41. The van der Waals surface area contributed by atoms with Gasteiger partial charge in [-0.2, -0.15) is 0 Å². The Kier molecular flexibility index (Phi) is 6.40. The van der Waals surface area contributed by atoms with Crippen molar-refractivity contribution in [2.24, 2.45) is 0 Å². The van der Waals surface area contributed by atoms with E-state index in [1.54, 1.807) is 0 Å². The summed E-state index contributed by atoms with van der Waals surface area (Å²) in [6.07, 6.45) is 6.70. The monoisotopic (exact) mass is 574 g/mol. The summed E-state index contributed by atoms with van der Waals surface area (Å²) in [6.45, 7) is 9.01. The normalized spacial score (nSPS) is 12.1. The van der Waals surface area contributed by atoms with Gasteiger partial charge in [0.2, 0.25) is 0 Å². The zero-order valence-electron chi connectivity index (χ0n) is 21.3. The average molecular weight is 575 g/mol. The van der Waals surface area contributed by atoms with E-state index < -0.39 is 0 Å². The zero-order chi connectivity index (χ0) is 24.9. The SMILES string of the molecule is CC(C)(c1cccc(-n2[c-]cc3ccccc32)n1)C(C)(C)c1cccc(-n2[c-]cc3ccccc32)n1.[Pd+2]. The maximum absolute atomic E-state index is 5.13.